The molecule has 1 saturated heterocycles. The minimum absolute atomic E-state index is 0.0265. The molecule has 1 rings (SSSR count). The number of aliphatic carboxylic acids is 2. The van der Waals surface area contributed by atoms with E-state index in [0.717, 1.165) is 0 Å². The number of rotatable bonds is 5. The van der Waals surface area contributed by atoms with Crippen molar-refractivity contribution in [3.63, 3.8) is 0 Å². The van der Waals surface area contributed by atoms with E-state index in [1.165, 1.54) is 0 Å². The fraction of sp³-hybridized carbons (Fsp3) is 0.750. The molecule has 1 aliphatic heterocycles. The first-order valence-corrected chi connectivity index (χ1v) is 6.57. The Hall–Kier alpha value is -1.15. The van der Waals surface area contributed by atoms with Crippen LogP contribution in [-0.2, 0) is 19.4 Å². The molecule has 0 spiro atoms. The largest absolute Gasteiger partial charge is 0.544 e. The number of nitrogens with one attached hydrogen (secondary N) is 1. The molecule has 0 aromatic heterocycles. The highest BCUT2D eigenvalue weighted by atomic mass is 32.2. The number of carbonyl (C=O) groups is 2. The number of hydrogen-bond acceptors (Lipinski definition) is 6. The Morgan fingerprint density at radius 2 is 1.69 bits per heavy atom. The average molecular weight is 250 g/mol. The van der Waals surface area contributed by atoms with E-state index >= 15 is 0 Å². The van der Waals surface area contributed by atoms with E-state index in [4.69, 9.17) is 0 Å². The van der Waals surface area contributed by atoms with Crippen molar-refractivity contribution in [1.82, 2.24) is 0 Å². The van der Waals surface area contributed by atoms with Crippen LogP contribution in [0.2, 0.25) is 0 Å². The Labute approximate surface area is 92.6 Å². The molecule has 8 heteroatoms. The molecule has 0 unspecified atom stereocenters. The van der Waals surface area contributed by atoms with Crippen molar-refractivity contribution >= 4 is 21.8 Å². The molecule has 0 aromatic carbocycles. The predicted octanol–water partition coefficient (Wildman–Crippen LogP) is -5.44. The highest BCUT2D eigenvalue weighted by Gasteiger charge is 2.35. The fourth-order valence-electron chi connectivity index (χ4n) is 1.84. The van der Waals surface area contributed by atoms with Crippen molar-refractivity contribution in [2.24, 2.45) is 0 Å². The Bertz CT molecular complexity index is 373. The first-order chi connectivity index (χ1) is 7.30. The minimum Gasteiger partial charge on any atom is -0.544 e. The lowest BCUT2D eigenvalue weighted by molar-refractivity contribution is -0.911. The third-order valence-corrected chi connectivity index (χ3v) is 4.32. The smallest absolute Gasteiger partial charge is 0.156 e. The fourth-order valence-corrected chi connectivity index (χ4v) is 3.66. The van der Waals surface area contributed by atoms with Crippen LogP contribution in [0.5, 0.6) is 0 Å². The number of carboxylic acids is 2. The van der Waals surface area contributed by atoms with Gasteiger partial charge in [0.15, 0.2) is 9.84 Å². The summed E-state index contributed by atoms with van der Waals surface area (Å²) in [5, 5.41) is 20.8. The van der Waals surface area contributed by atoms with E-state index in [1.54, 1.807) is 0 Å². The molecule has 0 aromatic rings. The number of sulfone groups is 1. The molecule has 0 amide bonds. The first-order valence-electron chi connectivity index (χ1n) is 4.75. The van der Waals surface area contributed by atoms with Gasteiger partial charge in [-0.2, -0.15) is 0 Å². The van der Waals surface area contributed by atoms with Crippen LogP contribution in [0.15, 0.2) is 0 Å². The first kappa shape index (κ1) is 12.9. The van der Waals surface area contributed by atoms with Crippen molar-refractivity contribution in [1.29, 1.82) is 0 Å². The molecule has 1 N–H and O–H groups in total. The van der Waals surface area contributed by atoms with E-state index in [2.05, 4.69) is 0 Å². The summed E-state index contributed by atoms with van der Waals surface area (Å²) in [6.07, 6.45) is 0.276. The SMILES string of the molecule is O=C([O-])C[NH+](CC(=O)[O-])[C@H]1CCS(=O)(=O)C1. The third kappa shape index (κ3) is 3.78. The standard InChI is InChI=1S/C8H13NO6S/c10-7(11)3-9(4-8(12)13)6-1-2-16(14,15)5-6/h6H,1-5H2,(H,10,11)(H,12,13)/p-1/t6-/m0/s1. The topological polar surface area (TPSA) is 119 Å². The number of hydrogen-bond donors (Lipinski definition) is 1. The van der Waals surface area contributed by atoms with Crippen molar-refractivity contribution in [2.45, 2.75) is 12.5 Å². The Morgan fingerprint density at radius 1 is 1.19 bits per heavy atom. The maximum Gasteiger partial charge on any atom is 0.156 e. The summed E-state index contributed by atoms with van der Waals surface area (Å²) in [7, 11) is -3.16. The molecule has 7 nitrogen and oxygen atoms in total. The van der Waals surface area contributed by atoms with Gasteiger partial charge in [0.05, 0.1) is 17.7 Å². The van der Waals surface area contributed by atoms with E-state index < -0.39 is 40.9 Å². The molecule has 92 valence electrons. The highest BCUT2D eigenvalue weighted by Crippen LogP contribution is 2.08. The summed E-state index contributed by atoms with van der Waals surface area (Å²) in [6, 6.07) is -0.499. The maximum atomic E-state index is 11.2. The summed E-state index contributed by atoms with van der Waals surface area (Å²) >= 11 is 0. The van der Waals surface area contributed by atoms with Crippen LogP contribution in [0, 0.1) is 0 Å². The van der Waals surface area contributed by atoms with Crippen LogP contribution < -0.4 is 15.1 Å². The number of quaternary nitrogens is 1. The number of carboxylic acid groups (broad SMARTS) is 2. The van der Waals surface area contributed by atoms with Gasteiger partial charge in [0.2, 0.25) is 0 Å². The quantitative estimate of drug-likeness (QED) is 0.520. The van der Waals surface area contributed by atoms with Gasteiger partial charge in [0.1, 0.15) is 24.9 Å². The normalized spacial score (nSPS) is 23.4. The molecular weight excluding hydrogens is 238 g/mol. The van der Waals surface area contributed by atoms with Crippen molar-refractivity contribution in [3.05, 3.63) is 0 Å². The van der Waals surface area contributed by atoms with Gasteiger partial charge >= 0.3 is 0 Å². The van der Waals surface area contributed by atoms with Gasteiger partial charge in [-0.15, -0.1) is 0 Å². The van der Waals surface area contributed by atoms with Gasteiger partial charge in [-0.3, -0.25) is 0 Å². The van der Waals surface area contributed by atoms with Crippen LogP contribution in [0.1, 0.15) is 6.42 Å². The summed E-state index contributed by atoms with van der Waals surface area (Å²) in [5.41, 5.74) is 0. The molecule has 0 bridgehead atoms. The van der Waals surface area contributed by atoms with Crippen LogP contribution >= 0.6 is 0 Å². The van der Waals surface area contributed by atoms with E-state index in [1.807, 2.05) is 0 Å². The molecule has 0 radical (unpaired) electrons. The van der Waals surface area contributed by atoms with Crippen LogP contribution in [0.3, 0.4) is 0 Å². The van der Waals surface area contributed by atoms with Crippen LogP contribution in [0.4, 0.5) is 0 Å². The zero-order chi connectivity index (χ0) is 12.3. The van der Waals surface area contributed by atoms with Crippen LogP contribution in [-0.4, -0.2) is 51.0 Å². The van der Waals surface area contributed by atoms with Crippen molar-refractivity contribution in [2.75, 3.05) is 24.6 Å². The van der Waals surface area contributed by atoms with E-state index in [9.17, 15) is 28.2 Å². The van der Waals surface area contributed by atoms with Gasteiger partial charge in [0, 0.05) is 6.42 Å². The molecule has 1 atom stereocenters. The van der Waals surface area contributed by atoms with Gasteiger partial charge in [-0.05, 0) is 0 Å². The molecule has 1 aliphatic rings. The second kappa shape index (κ2) is 4.79. The lowest BCUT2D eigenvalue weighted by Crippen LogP contribution is -3.18. The highest BCUT2D eigenvalue weighted by molar-refractivity contribution is 7.91. The van der Waals surface area contributed by atoms with Crippen LogP contribution in [0.25, 0.3) is 0 Å². The third-order valence-electron chi connectivity index (χ3n) is 2.55. The van der Waals surface area contributed by atoms with Gasteiger partial charge in [-0.1, -0.05) is 0 Å². The monoisotopic (exact) mass is 250 g/mol. The molecule has 0 aliphatic carbocycles. The van der Waals surface area contributed by atoms with Crippen molar-refractivity contribution < 1.29 is 33.1 Å². The second-order valence-electron chi connectivity index (χ2n) is 3.86. The second-order valence-corrected chi connectivity index (χ2v) is 6.08. The number of carbonyl (C=O) groups excluding carboxylic acids is 2. The summed E-state index contributed by atoms with van der Waals surface area (Å²) in [6.45, 7) is -1.04. The molecule has 1 heterocycles. The van der Waals surface area contributed by atoms with E-state index in [0.29, 0.717) is 0 Å². The summed E-state index contributed by atoms with van der Waals surface area (Å²) in [4.78, 5) is 21.0. The van der Waals surface area contributed by atoms with Gasteiger partial charge in [0.25, 0.3) is 0 Å². The molecular formula is C8H12NO6S-. The summed E-state index contributed by atoms with van der Waals surface area (Å²) < 4.78 is 22.4. The maximum absolute atomic E-state index is 11.2. The predicted molar refractivity (Wildman–Crippen MR) is 47.8 cm³/mol. The summed E-state index contributed by atoms with van der Waals surface area (Å²) in [5.74, 6) is -3.01. The minimum atomic E-state index is -3.16. The lowest BCUT2D eigenvalue weighted by Gasteiger charge is -2.25. The van der Waals surface area contributed by atoms with Gasteiger partial charge in [-0.25, -0.2) is 8.42 Å². The molecule has 1 fully saturated rings. The van der Waals surface area contributed by atoms with E-state index in [-0.39, 0.29) is 22.8 Å². The zero-order valence-electron chi connectivity index (χ0n) is 8.47. The molecule has 16 heavy (non-hydrogen) atoms. The zero-order valence-corrected chi connectivity index (χ0v) is 9.29. The van der Waals surface area contributed by atoms with Crippen molar-refractivity contribution in [3.8, 4) is 0 Å². The average Bonchev–Trinajstić information content (AvgIpc) is 2.43. The molecule has 0 saturated carbocycles. The Balaban J connectivity index is 2.69. The lowest BCUT2D eigenvalue weighted by atomic mass is 10.2. The Kier molecular flexibility index (Phi) is 3.87. The Morgan fingerprint density at radius 3 is 2.00 bits per heavy atom. The van der Waals surface area contributed by atoms with Gasteiger partial charge < -0.3 is 24.7 Å².